The molecule has 1 atom stereocenters. The van der Waals surface area contributed by atoms with Crippen LogP contribution in [0.25, 0.3) is 15.3 Å². The zero-order valence-corrected chi connectivity index (χ0v) is 20.5. The molecule has 1 N–H and O–H groups in total. The van der Waals surface area contributed by atoms with Crippen molar-refractivity contribution in [2.24, 2.45) is 4.99 Å². The molecule has 1 saturated heterocycles. The van der Waals surface area contributed by atoms with Gasteiger partial charge in [0.25, 0.3) is 5.56 Å². The molecule has 0 amide bonds. The molecule has 0 unspecified atom stereocenters. The highest BCUT2D eigenvalue weighted by Gasteiger charge is 2.21. The topological polar surface area (TPSA) is 72.3 Å². The summed E-state index contributed by atoms with van der Waals surface area (Å²) in [5.74, 6) is 0.594. The Hall–Kier alpha value is -2.39. The van der Waals surface area contributed by atoms with Crippen molar-refractivity contribution >= 4 is 50.6 Å². The molecule has 0 spiro atoms. The van der Waals surface area contributed by atoms with Crippen LogP contribution in [0.5, 0.6) is 0 Å². The van der Waals surface area contributed by atoms with E-state index in [0.717, 1.165) is 46.0 Å². The number of H-pyrrole nitrogens is 1. The molecule has 9 heteroatoms. The molecular formula is C24H23ClN4O2S2. The minimum Gasteiger partial charge on any atom is -0.376 e. The van der Waals surface area contributed by atoms with Gasteiger partial charge in [0.15, 0.2) is 0 Å². The molecule has 1 aliphatic rings. The van der Waals surface area contributed by atoms with Gasteiger partial charge >= 0.3 is 0 Å². The molecule has 5 rings (SSSR count). The summed E-state index contributed by atoms with van der Waals surface area (Å²) in [6.45, 7) is 3.26. The number of benzene rings is 2. The molecule has 0 saturated carbocycles. The molecule has 33 heavy (non-hydrogen) atoms. The van der Waals surface area contributed by atoms with Crippen LogP contribution in [-0.2, 0) is 10.5 Å². The van der Waals surface area contributed by atoms with Crippen LogP contribution in [0.1, 0.15) is 31.0 Å². The Balaban J connectivity index is 1.50. The molecule has 1 fully saturated rings. The van der Waals surface area contributed by atoms with Crippen molar-refractivity contribution in [1.29, 1.82) is 0 Å². The number of aliphatic imine (C=N–C) groups is 1. The summed E-state index contributed by atoms with van der Waals surface area (Å²) in [6.07, 6.45) is 2.22. The average molecular weight is 499 g/mol. The smallest absolute Gasteiger partial charge is 0.282 e. The predicted octanol–water partition coefficient (Wildman–Crippen LogP) is 5.71. The summed E-state index contributed by atoms with van der Waals surface area (Å²) in [6, 6.07) is 15.6. The van der Waals surface area contributed by atoms with E-state index in [9.17, 15) is 4.79 Å². The number of halogens is 1. The highest BCUT2D eigenvalue weighted by atomic mass is 35.5. The summed E-state index contributed by atoms with van der Waals surface area (Å²) in [5.41, 5.74) is 2.90. The van der Waals surface area contributed by atoms with Crippen molar-refractivity contribution in [1.82, 2.24) is 14.8 Å². The second-order valence-electron chi connectivity index (χ2n) is 7.87. The number of aromatic nitrogens is 3. The first-order valence-electron chi connectivity index (χ1n) is 10.8. The van der Waals surface area contributed by atoms with Gasteiger partial charge in [-0.15, -0.1) is 11.8 Å². The van der Waals surface area contributed by atoms with Gasteiger partial charge in [0, 0.05) is 28.0 Å². The van der Waals surface area contributed by atoms with Gasteiger partial charge in [-0.3, -0.25) is 14.9 Å². The summed E-state index contributed by atoms with van der Waals surface area (Å²) < 4.78 is 8.28. The number of thiazole rings is 1. The molecular weight excluding hydrogens is 476 g/mol. The largest absolute Gasteiger partial charge is 0.376 e. The lowest BCUT2D eigenvalue weighted by Gasteiger charge is -2.07. The van der Waals surface area contributed by atoms with E-state index in [0.29, 0.717) is 28.0 Å². The molecule has 4 aromatic rings. The Kier molecular flexibility index (Phi) is 6.69. The van der Waals surface area contributed by atoms with Crippen molar-refractivity contribution in [2.75, 3.05) is 13.2 Å². The number of nitrogens with one attached hydrogen (secondary N) is 1. The normalized spacial score (nSPS) is 16.7. The SMILES string of the molecule is CC(=NC[C@@H]1CCCO1)c1c(CSc2ccc(Cl)cc2)[nH]n(-c2nc3ccccc3s2)c1=O. The van der Waals surface area contributed by atoms with E-state index in [1.165, 1.54) is 11.3 Å². The first-order chi connectivity index (χ1) is 16.1. The monoisotopic (exact) mass is 498 g/mol. The molecule has 2 aromatic carbocycles. The van der Waals surface area contributed by atoms with E-state index >= 15 is 0 Å². The average Bonchev–Trinajstić information content (AvgIpc) is 3.55. The molecule has 1 aliphatic heterocycles. The van der Waals surface area contributed by atoms with Gasteiger partial charge in [-0.1, -0.05) is 35.1 Å². The van der Waals surface area contributed by atoms with Gasteiger partial charge in [0.1, 0.15) is 0 Å². The maximum absolute atomic E-state index is 13.5. The zero-order valence-electron chi connectivity index (χ0n) is 18.1. The van der Waals surface area contributed by atoms with Crippen LogP contribution in [-0.4, -0.2) is 39.7 Å². The van der Waals surface area contributed by atoms with Crippen molar-refractivity contribution in [3.8, 4) is 5.13 Å². The summed E-state index contributed by atoms with van der Waals surface area (Å²) in [4.78, 5) is 24.0. The van der Waals surface area contributed by atoms with Crippen LogP contribution in [0.3, 0.4) is 0 Å². The van der Waals surface area contributed by atoms with E-state index < -0.39 is 0 Å². The molecule has 6 nitrogen and oxygen atoms in total. The lowest BCUT2D eigenvalue weighted by molar-refractivity contribution is 0.118. The highest BCUT2D eigenvalue weighted by molar-refractivity contribution is 7.98. The fraction of sp³-hybridized carbons (Fsp3) is 0.292. The number of para-hydroxylation sites is 1. The van der Waals surface area contributed by atoms with E-state index in [-0.39, 0.29) is 11.7 Å². The fourth-order valence-corrected chi connectivity index (χ4v) is 5.74. The minimum absolute atomic E-state index is 0.130. The summed E-state index contributed by atoms with van der Waals surface area (Å²) >= 11 is 9.15. The molecule has 0 radical (unpaired) electrons. The van der Waals surface area contributed by atoms with Gasteiger partial charge in [0.2, 0.25) is 5.13 Å². The van der Waals surface area contributed by atoms with Crippen molar-refractivity contribution in [3.63, 3.8) is 0 Å². The van der Waals surface area contributed by atoms with Gasteiger partial charge in [-0.25, -0.2) is 4.98 Å². The molecule has 0 aliphatic carbocycles. The van der Waals surface area contributed by atoms with Crippen LogP contribution >= 0.6 is 34.7 Å². The second kappa shape index (κ2) is 9.85. The number of fused-ring (bicyclic) bond motifs is 1. The van der Waals surface area contributed by atoms with Crippen molar-refractivity contribution in [2.45, 2.75) is 36.5 Å². The van der Waals surface area contributed by atoms with Crippen LogP contribution in [0, 0.1) is 0 Å². The maximum Gasteiger partial charge on any atom is 0.282 e. The molecule has 0 bridgehead atoms. The van der Waals surface area contributed by atoms with Gasteiger partial charge < -0.3 is 4.74 Å². The Morgan fingerprint density at radius 3 is 2.88 bits per heavy atom. The Labute approximate surface area is 204 Å². The first-order valence-corrected chi connectivity index (χ1v) is 13.0. The number of hydrogen-bond acceptors (Lipinski definition) is 6. The van der Waals surface area contributed by atoms with Crippen LogP contribution in [0.15, 0.2) is 63.2 Å². The Morgan fingerprint density at radius 2 is 2.12 bits per heavy atom. The number of ether oxygens (including phenoxy) is 1. The fourth-order valence-electron chi connectivity index (χ4n) is 3.84. The van der Waals surface area contributed by atoms with Crippen molar-refractivity contribution < 1.29 is 4.74 Å². The minimum atomic E-state index is -0.130. The summed E-state index contributed by atoms with van der Waals surface area (Å²) in [7, 11) is 0. The number of nitrogens with zero attached hydrogens (tertiary/aromatic N) is 3. The van der Waals surface area contributed by atoms with E-state index in [1.54, 1.807) is 16.4 Å². The third kappa shape index (κ3) is 4.94. The Morgan fingerprint density at radius 1 is 1.30 bits per heavy atom. The van der Waals surface area contributed by atoms with E-state index in [2.05, 4.69) is 10.1 Å². The van der Waals surface area contributed by atoms with Crippen molar-refractivity contribution in [3.05, 3.63) is 75.2 Å². The quantitative estimate of drug-likeness (QED) is 0.261. The van der Waals surface area contributed by atoms with E-state index in [1.807, 2.05) is 55.5 Å². The maximum atomic E-state index is 13.5. The number of hydrogen-bond donors (Lipinski definition) is 1. The number of aromatic amines is 1. The second-order valence-corrected chi connectivity index (χ2v) is 10.4. The third-order valence-corrected chi connectivity index (χ3v) is 7.87. The van der Waals surface area contributed by atoms with Crippen LogP contribution in [0.4, 0.5) is 0 Å². The highest BCUT2D eigenvalue weighted by Crippen LogP contribution is 2.27. The standard InChI is InChI=1S/C24H23ClN4O2S2/c1-15(26-13-17-5-4-12-31-17)22-20(14-32-18-10-8-16(25)9-11-18)28-29(23(22)30)24-27-19-6-2-3-7-21(19)33-24/h2-3,6-11,17,28H,4-5,12-14H2,1H3/t17-/m0/s1. The van der Waals surface area contributed by atoms with Gasteiger partial charge in [0.05, 0.1) is 34.1 Å². The predicted molar refractivity (Wildman–Crippen MR) is 137 cm³/mol. The molecule has 2 aromatic heterocycles. The summed E-state index contributed by atoms with van der Waals surface area (Å²) in [5, 5.41) is 4.63. The lowest BCUT2D eigenvalue weighted by Crippen LogP contribution is -2.20. The third-order valence-electron chi connectivity index (χ3n) is 5.55. The zero-order chi connectivity index (χ0) is 22.8. The van der Waals surface area contributed by atoms with E-state index in [4.69, 9.17) is 21.3 Å². The molecule has 170 valence electrons. The molecule has 3 heterocycles. The lowest BCUT2D eigenvalue weighted by atomic mass is 10.1. The number of rotatable bonds is 7. The van der Waals surface area contributed by atoms with Gasteiger partial charge in [-0.2, -0.15) is 4.68 Å². The van der Waals surface area contributed by atoms with Crippen LogP contribution in [0.2, 0.25) is 5.02 Å². The number of thioether (sulfide) groups is 1. The first kappa shape index (κ1) is 22.4. The Bertz CT molecular complexity index is 1320. The van der Waals surface area contributed by atoms with Gasteiger partial charge in [-0.05, 0) is 56.2 Å². The van der Waals surface area contributed by atoms with Crippen LogP contribution < -0.4 is 5.56 Å².